The molecule has 6 heteroatoms. The highest BCUT2D eigenvalue weighted by atomic mass is 16.5. The van der Waals surface area contributed by atoms with Crippen LogP contribution in [0.4, 0.5) is 5.88 Å². The van der Waals surface area contributed by atoms with Gasteiger partial charge in [-0.1, -0.05) is 42.4 Å². The summed E-state index contributed by atoms with van der Waals surface area (Å²) in [5, 5.41) is 14.7. The van der Waals surface area contributed by atoms with E-state index in [9.17, 15) is 5.11 Å². The number of piperidine rings is 1. The highest BCUT2D eigenvalue weighted by Gasteiger charge is 2.25. The summed E-state index contributed by atoms with van der Waals surface area (Å²) in [5.41, 5.74) is 3.09. The van der Waals surface area contributed by atoms with E-state index in [0.29, 0.717) is 19.7 Å². The second-order valence-electron chi connectivity index (χ2n) is 7.57. The largest absolute Gasteiger partial charge is 0.389 e. The van der Waals surface area contributed by atoms with Crippen LogP contribution in [-0.4, -0.2) is 61.2 Å². The zero-order chi connectivity index (χ0) is 19.8. The van der Waals surface area contributed by atoms with Gasteiger partial charge >= 0.3 is 0 Å². The first kappa shape index (κ1) is 20.8. The molecule has 3 rings (SSSR count). The Balaban J connectivity index is 1.89. The van der Waals surface area contributed by atoms with Crippen molar-refractivity contribution < 1.29 is 14.4 Å². The normalized spacial score (nSPS) is 15.9. The molecular weight excluding hydrogens is 354 g/mol. The van der Waals surface area contributed by atoms with Crippen molar-refractivity contribution in [3.8, 4) is 11.3 Å². The summed E-state index contributed by atoms with van der Waals surface area (Å²) in [6.45, 7) is 6.70. The van der Waals surface area contributed by atoms with Crippen molar-refractivity contribution in [1.82, 2.24) is 10.1 Å². The predicted molar refractivity (Wildman–Crippen MR) is 111 cm³/mol. The fourth-order valence-electron chi connectivity index (χ4n) is 3.93. The van der Waals surface area contributed by atoms with Crippen molar-refractivity contribution in [1.29, 1.82) is 0 Å². The zero-order valence-corrected chi connectivity index (χ0v) is 17.1. The molecule has 1 unspecified atom stereocenters. The first-order valence-electron chi connectivity index (χ1n) is 10.4. The highest BCUT2D eigenvalue weighted by molar-refractivity contribution is 5.68. The molecule has 1 fully saturated rings. The van der Waals surface area contributed by atoms with Crippen molar-refractivity contribution in [2.45, 2.75) is 45.3 Å². The van der Waals surface area contributed by atoms with Gasteiger partial charge in [0.1, 0.15) is 5.69 Å². The van der Waals surface area contributed by atoms with Crippen LogP contribution in [0.15, 0.2) is 34.9 Å². The third-order valence-electron chi connectivity index (χ3n) is 5.21. The molecule has 1 N–H and O–H groups in total. The molecule has 1 aliphatic rings. The number of hydrogen-bond donors (Lipinski definition) is 1. The summed E-state index contributed by atoms with van der Waals surface area (Å²) < 4.78 is 11.0. The molecule has 1 aliphatic heterocycles. The topological polar surface area (TPSA) is 62.0 Å². The predicted octanol–water partition coefficient (Wildman–Crippen LogP) is 3.55. The summed E-state index contributed by atoms with van der Waals surface area (Å²) in [7, 11) is 1.62. The van der Waals surface area contributed by atoms with E-state index in [1.54, 1.807) is 7.11 Å². The molecule has 0 aliphatic carbocycles. The highest BCUT2D eigenvalue weighted by Crippen LogP contribution is 2.33. The number of hydrogen-bond acceptors (Lipinski definition) is 6. The zero-order valence-electron chi connectivity index (χ0n) is 17.1. The number of aliphatic hydroxyl groups excluding tert-OH is 1. The molecule has 154 valence electrons. The minimum Gasteiger partial charge on any atom is -0.389 e. The molecule has 1 atom stereocenters. The molecule has 28 heavy (non-hydrogen) atoms. The second kappa shape index (κ2) is 10.6. The third kappa shape index (κ3) is 5.34. The van der Waals surface area contributed by atoms with Gasteiger partial charge < -0.3 is 19.3 Å². The molecule has 0 saturated carbocycles. The Kier molecular flexibility index (Phi) is 7.89. The minimum atomic E-state index is -0.505. The van der Waals surface area contributed by atoms with E-state index in [-0.39, 0.29) is 0 Å². The van der Waals surface area contributed by atoms with Crippen molar-refractivity contribution in [2.24, 2.45) is 0 Å². The smallest absolute Gasteiger partial charge is 0.232 e. The van der Waals surface area contributed by atoms with E-state index in [4.69, 9.17) is 9.26 Å². The van der Waals surface area contributed by atoms with Crippen LogP contribution in [0.25, 0.3) is 11.3 Å². The van der Waals surface area contributed by atoms with Crippen molar-refractivity contribution in [3.05, 3.63) is 35.9 Å². The third-order valence-corrected chi connectivity index (χ3v) is 5.21. The average Bonchev–Trinajstić information content (AvgIpc) is 3.13. The Hall–Kier alpha value is -1.89. The van der Waals surface area contributed by atoms with E-state index >= 15 is 0 Å². The fourth-order valence-corrected chi connectivity index (χ4v) is 3.93. The molecule has 2 heterocycles. The lowest BCUT2D eigenvalue weighted by molar-refractivity contribution is 0.0358. The van der Waals surface area contributed by atoms with Crippen LogP contribution in [-0.2, 0) is 11.3 Å². The van der Waals surface area contributed by atoms with Gasteiger partial charge in [-0.3, -0.25) is 4.90 Å². The second-order valence-corrected chi connectivity index (χ2v) is 7.57. The summed E-state index contributed by atoms with van der Waals surface area (Å²) in [4.78, 5) is 4.60. The lowest BCUT2D eigenvalue weighted by Gasteiger charge is -2.29. The molecule has 0 bridgehead atoms. The van der Waals surface area contributed by atoms with Crippen LogP contribution < -0.4 is 4.90 Å². The number of benzene rings is 1. The van der Waals surface area contributed by atoms with Crippen LogP contribution in [0, 0.1) is 0 Å². The molecule has 1 aromatic heterocycles. The Morgan fingerprint density at radius 3 is 2.64 bits per heavy atom. The van der Waals surface area contributed by atoms with Gasteiger partial charge in [0.05, 0.1) is 18.3 Å². The van der Waals surface area contributed by atoms with Gasteiger partial charge in [0.25, 0.3) is 0 Å². The van der Waals surface area contributed by atoms with Crippen LogP contribution >= 0.6 is 0 Å². The molecule has 0 spiro atoms. The van der Waals surface area contributed by atoms with Gasteiger partial charge in [-0.05, 0) is 32.2 Å². The van der Waals surface area contributed by atoms with Crippen LogP contribution in [0.2, 0.25) is 0 Å². The van der Waals surface area contributed by atoms with Gasteiger partial charge in [0.2, 0.25) is 5.88 Å². The number of aliphatic hydroxyl groups is 1. The molecule has 1 saturated heterocycles. The lowest BCUT2D eigenvalue weighted by atomic mass is 10.1. The maximum atomic E-state index is 10.3. The van der Waals surface area contributed by atoms with E-state index in [0.717, 1.165) is 48.8 Å². The minimum absolute atomic E-state index is 0.342. The van der Waals surface area contributed by atoms with Gasteiger partial charge in [0.15, 0.2) is 0 Å². The number of ether oxygens (including phenoxy) is 1. The molecule has 0 radical (unpaired) electrons. The number of anilines is 1. The molecule has 1 aromatic carbocycles. The van der Waals surface area contributed by atoms with Gasteiger partial charge in [-0.2, -0.15) is 0 Å². The van der Waals surface area contributed by atoms with E-state index in [2.05, 4.69) is 34.0 Å². The van der Waals surface area contributed by atoms with Crippen LogP contribution in [0.5, 0.6) is 0 Å². The molecule has 0 amide bonds. The molecule has 2 aromatic rings. The van der Waals surface area contributed by atoms with E-state index in [1.165, 1.54) is 19.3 Å². The summed E-state index contributed by atoms with van der Waals surface area (Å²) in [6.07, 6.45) is 4.16. The summed E-state index contributed by atoms with van der Waals surface area (Å²) in [6, 6.07) is 10.2. The van der Waals surface area contributed by atoms with Crippen molar-refractivity contribution in [2.75, 3.05) is 44.8 Å². The first-order valence-corrected chi connectivity index (χ1v) is 10.4. The monoisotopic (exact) mass is 387 g/mol. The number of rotatable bonds is 10. The Labute approximate surface area is 168 Å². The van der Waals surface area contributed by atoms with Crippen LogP contribution in [0.1, 0.15) is 38.2 Å². The Morgan fingerprint density at radius 1 is 1.21 bits per heavy atom. The van der Waals surface area contributed by atoms with E-state index < -0.39 is 6.10 Å². The standard InChI is InChI=1S/C22H33N3O3/c1-3-12-24(15-19(26)17-27-2)16-20-21(18-10-6-4-7-11-18)23-28-22(20)25-13-8-5-9-14-25/h4,6-7,10-11,19,26H,3,5,8-9,12-17H2,1-2H3. The first-order chi connectivity index (χ1) is 13.7. The quantitative estimate of drug-likeness (QED) is 0.673. The maximum Gasteiger partial charge on any atom is 0.232 e. The van der Waals surface area contributed by atoms with Gasteiger partial charge in [0, 0.05) is 38.9 Å². The Bertz CT molecular complexity index is 698. The SMILES string of the molecule is CCCN(Cc1c(-c2ccccc2)noc1N1CCCCC1)CC(O)COC. The van der Waals surface area contributed by atoms with Gasteiger partial charge in [-0.15, -0.1) is 0 Å². The maximum absolute atomic E-state index is 10.3. The number of nitrogens with zero attached hydrogens (tertiary/aromatic N) is 3. The Morgan fingerprint density at radius 2 is 1.96 bits per heavy atom. The van der Waals surface area contributed by atoms with Gasteiger partial charge in [-0.25, -0.2) is 0 Å². The van der Waals surface area contributed by atoms with Crippen LogP contribution in [0.3, 0.4) is 0 Å². The van der Waals surface area contributed by atoms with E-state index in [1.807, 2.05) is 18.2 Å². The fraction of sp³-hybridized carbons (Fsp3) is 0.591. The molecule has 6 nitrogen and oxygen atoms in total. The number of methoxy groups -OCH3 is 1. The summed E-state index contributed by atoms with van der Waals surface area (Å²) in [5.74, 6) is 0.890. The lowest BCUT2D eigenvalue weighted by Crippen LogP contribution is -2.36. The van der Waals surface area contributed by atoms with Crippen molar-refractivity contribution >= 4 is 5.88 Å². The average molecular weight is 388 g/mol. The molecular formula is C22H33N3O3. The van der Waals surface area contributed by atoms with Crippen molar-refractivity contribution in [3.63, 3.8) is 0 Å². The number of aromatic nitrogens is 1. The summed E-state index contributed by atoms with van der Waals surface area (Å²) >= 11 is 0.